The molecule has 0 aromatic heterocycles. The Morgan fingerprint density at radius 3 is 1.45 bits per heavy atom. The summed E-state index contributed by atoms with van der Waals surface area (Å²) in [5, 5.41) is 23.8. The average molecular weight is 906 g/mol. The second kappa shape index (κ2) is 52.0. The van der Waals surface area contributed by atoms with Crippen LogP contribution in [0.3, 0.4) is 0 Å². The number of hydrogen-bond acceptors (Lipinski definition) is 5. The number of unbranched alkanes of at least 4 members (excludes halogenated alkanes) is 25. The minimum Gasteiger partial charge on any atom is -0.462 e. The van der Waals surface area contributed by atoms with Gasteiger partial charge in [0.25, 0.3) is 0 Å². The van der Waals surface area contributed by atoms with Crippen LogP contribution in [0.2, 0.25) is 0 Å². The number of rotatable bonds is 48. The molecule has 374 valence electrons. The molecule has 3 unspecified atom stereocenters. The number of amides is 1. The van der Waals surface area contributed by atoms with Gasteiger partial charge in [-0.15, -0.1) is 0 Å². The van der Waals surface area contributed by atoms with E-state index in [4.69, 9.17) is 4.74 Å². The van der Waals surface area contributed by atoms with E-state index in [1.807, 2.05) is 24.3 Å². The Morgan fingerprint density at radius 2 is 0.892 bits per heavy atom. The summed E-state index contributed by atoms with van der Waals surface area (Å²) in [4.78, 5) is 26.2. The fourth-order valence-electron chi connectivity index (χ4n) is 7.92. The van der Waals surface area contributed by atoms with Crippen molar-refractivity contribution in [1.29, 1.82) is 0 Å². The number of ether oxygens (including phenoxy) is 1. The Morgan fingerprint density at radius 1 is 0.477 bits per heavy atom. The molecular weight excluding hydrogens is 803 g/mol. The Hall–Kier alpha value is -2.96. The monoisotopic (exact) mass is 906 g/mol. The molecule has 0 aromatic rings. The van der Waals surface area contributed by atoms with Crippen LogP contribution in [0.25, 0.3) is 0 Å². The van der Waals surface area contributed by atoms with Gasteiger partial charge in [0, 0.05) is 6.42 Å². The number of nitrogens with one attached hydrogen (secondary N) is 1. The first kappa shape index (κ1) is 62.0. The van der Waals surface area contributed by atoms with Crippen molar-refractivity contribution >= 4 is 11.9 Å². The van der Waals surface area contributed by atoms with E-state index in [1.165, 1.54) is 116 Å². The number of aliphatic hydroxyl groups is 2. The van der Waals surface area contributed by atoms with E-state index in [0.29, 0.717) is 19.3 Å². The van der Waals surface area contributed by atoms with Gasteiger partial charge in [-0.1, -0.05) is 241 Å². The molecule has 65 heavy (non-hydrogen) atoms. The Bertz CT molecular complexity index is 1250. The molecule has 0 rings (SSSR count). The number of carbonyl (C=O) groups excluding carboxylic acids is 2. The van der Waals surface area contributed by atoms with Crippen molar-refractivity contribution in [3.8, 4) is 0 Å². The number of allylic oxidation sites excluding steroid dienone is 14. The van der Waals surface area contributed by atoms with Gasteiger partial charge in [-0.25, -0.2) is 0 Å². The van der Waals surface area contributed by atoms with Crippen LogP contribution in [0.4, 0.5) is 0 Å². The number of carbonyl (C=O) groups is 2. The maximum absolute atomic E-state index is 13.2. The second-order valence-electron chi connectivity index (χ2n) is 18.3. The lowest BCUT2D eigenvalue weighted by atomic mass is 10.0. The minimum atomic E-state index is -0.805. The van der Waals surface area contributed by atoms with Crippen LogP contribution in [0.1, 0.15) is 252 Å². The zero-order chi connectivity index (χ0) is 47.4. The van der Waals surface area contributed by atoms with E-state index < -0.39 is 18.2 Å². The summed E-state index contributed by atoms with van der Waals surface area (Å²) in [6.45, 7) is 6.31. The van der Waals surface area contributed by atoms with Gasteiger partial charge in [0.2, 0.25) is 5.91 Å². The van der Waals surface area contributed by atoms with Crippen LogP contribution in [-0.4, -0.2) is 46.9 Å². The van der Waals surface area contributed by atoms with Gasteiger partial charge in [-0.2, -0.15) is 0 Å². The lowest BCUT2D eigenvalue weighted by molar-refractivity contribution is -0.151. The maximum atomic E-state index is 13.2. The maximum Gasteiger partial charge on any atom is 0.306 e. The van der Waals surface area contributed by atoms with E-state index in [9.17, 15) is 19.8 Å². The largest absolute Gasteiger partial charge is 0.462 e. The van der Waals surface area contributed by atoms with E-state index in [-0.39, 0.29) is 24.9 Å². The molecule has 0 heterocycles. The highest BCUT2D eigenvalue weighted by atomic mass is 16.5. The van der Waals surface area contributed by atoms with E-state index in [1.54, 1.807) is 0 Å². The van der Waals surface area contributed by atoms with Gasteiger partial charge in [-0.3, -0.25) is 9.59 Å². The van der Waals surface area contributed by atoms with Crippen molar-refractivity contribution in [2.75, 3.05) is 6.61 Å². The molecule has 0 aliphatic carbocycles. The number of hydrogen-bond donors (Lipinski definition) is 3. The highest BCUT2D eigenvalue weighted by Gasteiger charge is 2.24. The number of aliphatic hydroxyl groups excluding tert-OH is 2. The first-order valence-corrected chi connectivity index (χ1v) is 27.4. The topological polar surface area (TPSA) is 95.9 Å². The van der Waals surface area contributed by atoms with Gasteiger partial charge < -0.3 is 20.3 Å². The van der Waals surface area contributed by atoms with Crippen LogP contribution < -0.4 is 5.32 Å². The Labute approximate surface area is 402 Å². The summed E-state index contributed by atoms with van der Waals surface area (Å²) in [6.07, 6.45) is 67.8. The van der Waals surface area contributed by atoms with E-state index >= 15 is 0 Å². The summed E-state index contributed by atoms with van der Waals surface area (Å²) in [5.74, 6) is -0.529. The van der Waals surface area contributed by atoms with Crippen molar-refractivity contribution in [3.63, 3.8) is 0 Å². The molecule has 0 saturated carbocycles. The summed E-state index contributed by atoms with van der Waals surface area (Å²) < 4.78 is 5.92. The van der Waals surface area contributed by atoms with E-state index in [2.05, 4.69) is 86.8 Å². The fraction of sp³-hybridized carbons (Fsp3) is 0.729. The molecule has 3 N–H and O–H groups in total. The predicted molar refractivity (Wildman–Crippen MR) is 282 cm³/mol. The molecule has 0 bridgehead atoms. The summed E-state index contributed by atoms with van der Waals surface area (Å²) >= 11 is 0. The van der Waals surface area contributed by atoms with Gasteiger partial charge in [0.15, 0.2) is 0 Å². The van der Waals surface area contributed by atoms with Crippen LogP contribution in [-0.2, 0) is 14.3 Å². The van der Waals surface area contributed by atoms with Crippen LogP contribution >= 0.6 is 0 Å². The van der Waals surface area contributed by atoms with Crippen molar-refractivity contribution in [2.24, 2.45) is 0 Å². The van der Waals surface area contributed by atoms with Crippen molar-refractivity contribution in [1.82, 2.24) is 5.32 Å². The molecule has 0 saturated heterocycles. The zero-order valence-corrected chi connectivity index (χ0v) is 42.6. The molecule has 0 fully saturated rings. The molecule has 0 spiro atoms. The molecule has 6 nitrogen and oxygen atoms in total. The smallest absolute Gasteiger partial charge is 0.306 e. The number of esters is 1. The SMILES string of the molecule is CC/C=C/C=C/C=C/C=C\CCCCCC(CC(=O)NC(CO)C(O)CCCCCCCCCCCCCCCC)OC(=O)CCCCCCCC/C=C\C/C=C\C/C=C\CCCCC. The normalized spacial score (nSPS) is 13.9. The molecule has 0 aliphatic rings. The van der Waals surface area contributed by atoms with Crippen molar-refractivity contribution in [2.45, 2.75) is 270 Å². The van der Waals surface area contributed by atoms with Gasteiger partial charge in [0.1, 0.15) is 6.10 Å². The molecular formula is C59H103NO5. The van der Waals surface area contributed by atoms with Gasteiger partial charge >= 0.3 is 5.97 Å². The van der Waals surface area contributed by atoms with E-state index in [0.717, 1.165) is 89.9 Å². The van der Waals surface area contributed by atoms with Crippen LogP contribution in [0.5, 0.6) is 0 Å². The van der Waals surface area contributed by atoms with Gasteiger partial charge in [0.05, 0.1) is 25.2 Å². The summed E-state index contributed by atoms with van der Waals surface area (Å²) in [6, 6.07) is -0.722. The Kier molecular flexibility index (Phi) is 49.6. The minimum absolute atomic E-state index is 0.0424. The molecule has 0 aliphatic heterocycles. The highest BCUT2D eigenvalue weighted by molar-refractivity contribution is 5.77. The van der Waals surface area contributed by atoms with Gasteiger partial charge in [-0.05, 0) is 83.5 Å². The quantitative estimate of drug-likeness (QED) is 0.0245. The third-order valence-corrected chi connectivity index (χ3v) is 12.1. The highest BCUT2D eigenvalue weighted by Crippen LogP contribution is 2.17. The molecule has 3 atom stereocenters. The van der Waals surface area contributed by atoms with Crippen molar-refractivity contribution < 1.29 is 24.5 Å². The van der Waals surface area contributed by atoms with Crippen LogP contribution in [0, 0.1) is 0 Å². The van der Waals surface area contributed by atoms with Crippen molar-refractivity contribution in [3.05, 3.63) is 85.1 Å². The summed E-state index contributed by atoms with van der Waals surface area (Å²) in [5.41, 5.74) is 0. The second-order valence-corrected chi connectivity index (χ2v) is 18.3. The predicted octanol–water partition coefficient (Wildman–Crippen LogP) is 16.7. The first-order chi connectivity index (χ1) is 32.0. The lowest BCUT2D eigenvalue weighted by Gasteiger charge is -2.24. The van der Waals surface area contributed by atoms with Crippen LogP contribution in [0.15, 0.2) is 85.1 Å². The first-order valence-electron chi connectivity index (χ1n) is 27.4. The standard InChI is InChI=1S/C59H103NO5/c1-4-7-10-13-16-19-22-25-27-28-29-30-31-34-37-40-43-46-49-52-59(64)65-55(50-47-44-41-38-35-32-24-21-18-15-12-9-6-3)53-58(63)60-56(54-61)57(62)51-48-45-42-39-36-33-26-23-20-17-14-11-8-5-2/h9,12,15-16,18-19,21,24-25,27,29-30,32,35,55-57,61-62H,4-8,10-11,13-14,17,20,22-23,26,28,31,33-34,36-54H2,1-3H3,(H,60,63)/b12-9+,18-15+,19-16-,24-21+,27-25-,30-29-,35-32-. The third-order valence-electron chi connectivity index (χ3n) is 12.1. The molecule has 6 heteroatoms. The molecule has 0 radical (unpaired) electrons. The fourth-order valence-corrected chi connectivity index (χ4v) is 7.92. The summed E-state index contributed by atoms with van der Waals surface area (Å²) in [7, 11) is 0. The Balaban J connectivity index is 4.61. The average Bonchev–Trinajstić information content (AvgIpc) is 3.30. The molecule has 0 aromatic carbocycles. The lowest BCUT2D eigenvalue weighted by Crippen LogP contribution is -2.46. The third kappa shape index (κ3) is 47.3. The molecule has 1 amide bonds. The zero-order valence-electron chi connectivity index (χ0n) is 42.6.